The monoisotopic (exact) mass is 198 g/mol. The summed E-state index contributed by atoms with van der Waals surface area (Å²) < 4.78 is 0. The predicted octanol–water partition coefficient (Wildman–Crippen LogP) is 2.11. The number of hydrogen-bond donors (Lipinski definition) is 1. The van der Waals surface area contributed by atoms with E-state index in [9.17, 15) is 0 Å². The van der Waals surface area contributed by atoms with Gasteiger partial charge in [0.15, 0.2) is 0 Å². The minimum Gasteiger partial charge on any atom is -0.314 e. The van der Waals surface area contributed by atoms with E-state index in [4.69, 9.17) is 0 Å². The first kappa shape index (κ1) is 12.0. The van der Waals surface area contributed by atoms with E-state index in [0.717, 1.165) is 5.92 Å². The molecule has 2 nitrogen and oxygen atoms in total. The molecule has 0 aromatic heterocycles. The van der Waals surface area contributed by atoms with E-state index < -0.39 is 0 Å². The van der Waals surface area contributed by atoms with Gasteiger partial charge in [0, 0.05) is 6.04 Å². The van der Waals surface area contributed by atoms with E-state index in [1.807, 2.05) is 0 Å². The third-order valence-corrected chi connectivity index (χ3v) is 3.31. The fourth-order valence-electron chi connectivity index (χ4n) is 2.17. The van der Waals surface area contributed by atoms with Gasteiger partial charge in [0.05, 0.1) is 0 Å². The van der Waals surface area contributed by atoms with Crippen molar-refractivity contribution >= 4 is 0 Å². The first-order chi connectivity index (χ1) is 6.72. The summed E-state index contributed by atoms with van der Waals surface area (Å²) in [7, 11) is 2.23. The Morgan fingerprint density at radius 1 is 1.36 bits per heavy atom. The molecule has 1 saturated heterocycles. The molecule has 1 aliphatic rings. The van der Waals surface area contributed by atoms with Crippen LogP contribution in [0.4, 0.5) is 0 Å². The van der Waals surface area contributed by atoms with Gasteiger partial charge in [-0.25, -0.2) is 0 Å². The fourth-order valence-corrected chi connectivity index (χ4v) is 2.17. The zero-order valence-corrected chi connectivity index (χ0v) is 10.1. The molecule has 0 spiro atoms. The summed E-state index contributed by atoms with van der Waals surface area (Å²) in [5.74, 6) is 0.922. The summed E-state index contributed by atoms with van der Waals surface area (Å²) in [5.41, 5.74) is 0. The lowest BCUT2D eigenvalue weighted by Gasteiger charge is -2.29. The van der Waals surface area contributed by atoms with Crippen molar-refractivity contribution in [1.82, 2.24) is 10.2 Å². The maximum absolute atomic E-state index is 3.65. The van der Waals surface area contributed by atoms with Crippen LogP contribution in [0.3, 0.4) is 0 Å². The van der Waals surface area contributed by atoms with E-state index in [1.165, 1.54) is 45.3 Å². The van der Waals surface area contributed by atoms with Gasteiger partial charge in [-0.3, -0.25) is 0 Å². The molecule has 1 aliphatic heterocycles. The van der Waals surface area contributed by atoms with Crippen LogP contribution in [0.1, 0.15) is 39.5 Å². The highest BCUT2D eigenvalue weighted by atomic mass is 15.1. The van der Waals surface area contributed by atoms with Crippen LogP contribution in [0.15, 0.2) is 0 Å². The third kappa shape index (κ3) is 4.43. The summed E-state index contributed by atoms with van der Waals surface area (Å²) in [6.45, 7) is 8.37. The molecule has 0 bridgehead atoms. The fraction of sp³-hybridized carbons (Fsp3) is 1.00. The zero-order valence-electron chi connectivity index (χ0n) is 10.1. The maximum Gasteiger partial charge on any atom is 0.00387 e. The number of rotatable bonds is 5. The van der Waals surface area contributed by atoms with Gasteiger partial charge in [-0.2, -0.15) is 0 Å². The van der Waals surface area contributed by atoms with Crippen LogP contribution in [0.5, 0.6) is 0 Å². The van der Waals surface area contributed by atoms with Gasteiger partial charge < -0.3 is 10.2 Å². The Balaban J connectivity index is 2.06. The van der Waals surface area contributed by atoms with E-state index in [1.54, 1.807) is 0 Å². The summed E-state index contributed by atoms with van der Waals surface area (Å²) in [5, 5.41) is 3.65. The van der Waals surface area contributed by atoms with Crippen LogP contribution in [0.2, 0.25) is 0 Å². The molecule has 1 atom stereocenters. The zero-order chi connectivity index (χ0) is 10.4. The van der Waals surface area contributed by atoms with Crippen molar-refractivity contribution in [3.63, 3.8) is 0 Å². The van der Waals surface area contributed by atoms with Crippen molar-refractivity contribution in [2.45, 2.75) is 45.6 Å². The van der Waals surface area contributed by atoms with Crippen molar-refractivity contribution in [3.05, 3.63) is 0 Å². The number of piperidine rings is 1. The summed E-state index contributed by atoms with van der Waals surface area (Å²) >= 11 is 0. The first-order valence-electron chi connectivity index (χ1n) is 6.14. The van der Waals surface area contributed by atoms with Gasteiger partial charge in [0.25, 0.3) is 0 Å². The van der Waals surface area contributed by atoms with Crippen LogP contribution in [-0.2, 0) is 0 Å². The molecule has 1 fully saturated rings. The average molecular weight is 198 g/mol. The Bertz CT molecular complexity index is 139. The number of likely N-dealkylation sites (tertiary alicyclic amines) is 1. The molecule has 0 aromatic carbocycles. The van der Waals surface area contributed by atoms with E-state index in [0.29, 0.717) is 6.04 Å². The number of nitrogens with zero attached hydrogens (tertiary/aromatic N) is 1. The lowest BCUT2D eigenvalue weighted by Crippen LogP contribution is -2.37. The minimum atomic E-state index is 0.708. The van der Waals surface area contributed by atoms with Crippen LogP contribution in [0.25, 0.3) is 0 Å². The quantitative estimate of drug-likeness (QED) is 0.728. The lowest BCUT2D eigenvalue weighted by atomic mass is 9.97. The molecule has 0 saturated carbocycles. The Morgan fingerprint density at radius 3 is 2.57 bits per heavy atom. The molecule has 0 aromatic rings. The highest BCUT2D eigenvalue weighted by Crippen LogP contribution is 2.15. The first-order valence-corrected chi connectivity index (χ1v) is 6.14. The van der Waals surface area contributed by atoms with Crippen LogP contribution >= 0.6 is 0 Å². The standard InChI is InChI=1S/C12H26N2/c1-4-5-11(2)13-10-12-6-8-14(3)9-7-12/h11-13H,4-10H2,1-3H3. The topological polar surface area (TPSA) is 15.3 Å². The molecule has 1 N–H and O–H groups in total. The molecule has 0 radical (unpaired) electrons. The van der Waals surface area contributed by atoms with Gasteiger partial charge in [0.2, 0.25) is 0 Å². The molecular weight excluding hydrogens is 172 g/mol. The molecular formula is C12H26N2. The molecule has 84 valence electrons. The molecule has 2 heteroatoms. The SMILES string of the molecule is CCCC(C)NCC1CCN(C)CC1. The van der Waals surface area contributed by atoms with E-state index in [-0.39, 0.29) is 0 Å². The Morgan fingerprint density at radius 2 is 2.00 bits per heavy atom. The van der Waals surface area contributed by atoms with Crippen molar-refractivity contribution in [3.8, 4) is 0 Å². The van der Waals surface area contributed by atoms with Crippen molar-refractivity contribution < 1.29 is 0 Å². The van der Waals surface area contributed by atoms with E-state index in [2.05, 4.69) is 31.1 Å². The summed E-state index contributed by atoms with van der Waals surface area (Å²) in [4.78, 5) is 2.44. The maximum atomic E-state index is 3.65. The number of nitrogens with one attached hydrogen (secondary N) is 1. The van der Waals surface area contributed by atoms with Gasteiger partial charge in [-0.1, -0.05) is 13.3 Å². The Labute approximate surface area is 89.1 Å². The summed E-state index contributed by atoms with van der Waals surface area (Å²) in [6.07, 6.45) is 5.36. The molecule has 1 unspecified atom stereocenters. The average Bonchev–Trinajstić information content (AvgIpc) is 2.17. The van der Waals surface area contributed by atoms with E-state index >= 15 is 0 Å². The Hall–Kier alpha value is -0.0800. The highest BCUT2D eigenvalue weighted by Gasteiger charge is 2.16. The van der Waals surface area contributed by atoms with Crippen LogP contribution in [-0.4, -0.2) is 37.6 Å². The predicted molar refractivity (Wildman–Crippen MR) is 62.6 cm³/mol. The molecule has 14 heavy (non-hydrogen) atoms. The van der Waals surface area contributed by atoms with Gasteiger partial charge in [0.1, 0.15) is 0 Å². The normalized spacial score (nSPS) is 22.5. The third-order valence-electron chi connectivity index (χ3n) is 3.31. The van der Waals surface area contributed by atoms with Gasteiger partial charge in [-0.05, 0) is 58.8 Å². The smallest absolute Gasteiger partial charge is 0.00387 e. The second-order valence-electron chi connectivity index (χ2n) is 4.84. The highest BCUT2D eigenvalue weighted by molar-refractivity contribution is 4.73. The van der Waals surface area contributed by atoms with Crippen LogP contribution < -0.4 is 5.32 Å². The molecule has 1 rings (SSSR count). The molecule has 0 amide bonds. The van der Waals surface area contributed by atoms with Gasteiger partial charge in [-0.15, -0.1) is 0 Å². The second kappa shape index (κ2) is 6.41. The summed E-state index contributed by atoms with van der Waals surface area (Å²) in [6, 6.07) is 0.708. The van der Waals surface area contributed by atoms with Gasteiger partial charge >= 0.3 is 0 Å². The van der Waals surface area contributed by atoms with Crippen molar-refractivity contribution in [2.24, 2.45) is 5.92 Å². The van der Waals surface area contributed by atoms with Crippen molar-refractivity contribution in [1.29, 1.82) is 0 Å². The molecule has 1 heterocycles. The second-order valence-corrected chi connectivity index (χ2v) is 4.84. The lowest BCUT2D eigenvalue weighted by molar-refractivity contribution is 0.212. The minimum absolute atomic E-state index is 0.708. The molecule has 0 aliphatic carbocycles. The number of hydrogen-bond acceptors (Lipinski definition) is 2. The Kier molecular flexibility index (Phi) is 5.49. The van der Waals surface area contributed by atoms with Crippen LogP contribution in [0, 0.1) is 5.92 Å². The largest absolute Gasteiger partial charge is 0.314 e. The van der Waals surface area contributed by atoms with Crippen molar-refractivity contribution in [2.75, 3.05) is 26.7 Å².